The minimum atomic E-state index is 0.301. The Hall–Kier alpha value is -2.05. The molecule has 0 bridgehead atoms. The molecule has 0 saturated heterocycles. The SMILES string of the molecule is N#Cc1ccccc1COc1cccnc1Cl. The molecule has 0 aliphatic rings. The van der Waals surface area contributed by atoms with Crippen LogP contribution in [0.3, 0.4) is 0 Å². The number of hydrogen-bond donors (Lipinski definition) is 0. The molecule has 17 heavy (non-hydrogen) atoms. The van der Waals surface area contributed by atoms with E-state index in [1.165, 1.54) is 0 Å². The minimum absolute atomic E-state index is 0.301. The lowest BCUT2D eigenvalue weighted by Gasteiger charge is -2.07. The maximum absolute atomic E-state index is 8.93. The number of benzene rings is 1. The summed E-state index contributed by atoms with van der Waals surface area (Å²) in [6.45, 7) is 0.301. The number of aromatic nitrogens is 1. The van der Waals surface area contributed by atoms with Crippen LogP contribution in [0.4, 0.5) is 0 Å². The molecule has 1 aromatic heterocycles. The zero-order valence-electron chi connectivity index (χ0n) is 8.93. The smallest absolute Gasteiger partial charge is 0.171 e. The van der Waals surface area contributed by atoms with Crippen LogP contribution < -0.4 is 4.74 Å². The van der Waals surface area contributed by atoms with E-state index in [9.17, 15) is 0 Å². The van der Waals surface area contributed by atoms with Gasteiger partial charge in [-0.1, -0.05) is 29.8 Å². The van der Waals surface area contributed by atoms with Crippen LogP contribution in [0.25, 0.3) is 0 Å². The van der Waals surface area contributed by atoms with E-state index < -0.39 is 0 Å². The van der Waals surface area contributed by atoms with Crippen molar-refractivity contribution in [2.75, 3.05) is 0 Å². The summed E-state index contributed by atoms with van der Waals surface area (Å²) in [5.41, 5.74) is 1.43. The Balaban J connectivity index is 2.13. The van der Waals surface area contributed by atoms with Crippen molar-refractivity contribution >= 4 is 11.6 Å². The molecule has 0 fully saturated rings. The predicted molar refractivity (Wildman–Crippen MR) is 64.7 cm³/mol. The zero-order valence-corrected chi connectivity index (χ0v) is 9.69. The van der Waals surface area contributed by atoms with E-state index in [1.807, 2.05) is 18.2 Å². The topological polar surface area (TPSA) is 45.9 Å². The summed E-state index contributed by atoms with van der Waals surface area (Å²) in [4.78, 5) is 3.91. The van der Waals surface area contributed by atoms with Gasteiger partial charge in [-0.05, 0) is 18.2 Å². The molecule has 3 nitrogen and oxygen atoms in total. The van der Waals surface area contributed by atoms with Crippen molar-refractivity contribution in [1.29, 1.82) is 5.26 Å². The van der Waals surface area contributed by atoms with Crippen molar-refractivity contribution in [3.63, 3.8) is 0 Å². The van der Waals surface area contributed by atoms with Crippen LogP contribution in [0.5, 0.6) is 5.75 Å². The molecular weight excluding hydrogens is 236 g/mol. The molecule has 0 aliphatic heterocycles. The van der Waals surface area contributed by atoms with Crippen LogP contribution in [-0.4, -0.2) is 4.98 Å². The molecule has 1 heterocycles. The Morgan fingerprint density at radius 2 is 2.06 bits per heavy atom. The second-order valence-corrected chi connectivity index (χ2v) is 3.71. The largest absolute Gasteiger partial charge is 0.486 e. The van der Waals surface area contributed by atoms with Crippen molar-refractivity contribution in [1.82, 2.24) is 4.98 Å². The standard InChI is InChI=1S/C13H9ClN2O/c14-13-12(6-3-7-16-13)17-9-11-5-2-1-4-10(11)8-15/h1-7H,9H2. The van der Waals surface area contributed by atoms with Gasteiger partial charge in [0, 0.05) is 11.8 Å². The number of rotatable bonds is 3. The van der Waals surface area contributed by atoms with E-state index in [2.05, 4.69) is 11.1 Å². The molecule has 0 unspecified atom stereocenters. The van der Waals surface area contributed by atoms with E-state index in [4.69, 9.17) is 21.6 Å². The fraction of sp³-hybridized carbons (Fsp3) is 0.0769. The summed E-state index contributed by atoms with van der Waals surface area (Å²) in [7, 11) is 0. The molecule has 1 aromatic carbocycles. The van der Waals surface area contributed by atoms with Gasteiger partial charge in [-0.15, -0.1) is 0 Å². The van der Waals surface area contributed by atoms with Crippen molar-refractivity contribution in [3.05, 3.63) is 58.9 Å². The Morgan fingerprint density at radius 3 is 2.82 bits per heavy atom. The van der Waals surface area contributed by atoms with Gasteiger partial charge in [0.25, 0.3) is 0 Å². The summed E-state index contributed by atoms with van der Waals surface area (Å²) in [6.07, 6.45) is 1.60. The molecule has 0 saturated carbocycles. The predicted octanol–water partition coefficient (Wildman–Crippen LogP) is 3.19. The number of nitriles is 1. The Bertz CT molecular complexity index is 563. The van der Waals surface area contributed by atoms with E-state index in [-0.39, 0.29) is 0 Å². The average Bonchev–Trinajstić information content (AvgIpc) is 2.38. The maximum atomic E-state index is 8.93. The van der Waals surface area contributed by atoms with Crippen LogP contribution in [0.15, 0.2) is 42.6 Å². The van der Waals surface area contributed by atoms with Gasteiger partial charge in [0.15, 0.2) is 10.9 Å². The van der Waals surface area contributed by atoms with Crippen LogP contribution >= 0.6 is 11.6 Å². The van der Waals surface area contributed by atoms with Crippen LogP contribution in [0, 0.1) is 11.3 Å². The van der Waals surface area contributed by atoms with Gasteiger partial charge in [-0.25, -0.2) is 4.98 Å². The third-order valence-corrected chi connectivity index (χ3v) is 2.53. The lowest BCUT2D eigenvalue weighted by molar-refractivity contribution is 0.305. The molecule has 2 rings (SSSR count). The van der Waals surface area contributed by atoms with E-state index >= 15 is 0 Å². The van der Waals surface area contributed by atoms with Gasteiger partial charge < -0.3 is 4.74 Å². The van der Waals surface area contributed by atoms with Crippen LogP contribution in [0.1, 0.15) is 11.1 Å². The first-order valence-electron chi connectivity index (χ1n) is 5.02. The monoisotopic (exact) mass is 244 g/mol. The highest BCUT2D eigenvalue weighted by Crippen LogP contribution is 2.22. The van der Waals surface area contributed by atoms with Gasteiger partial charge in [0.2, 0.25) is 0 Å². The fourth-order valence-electron chi connectivity index (χ4n) is 1.39. The highest BCUT2D eigenvalue weighted by molar-refractivity contribution is 6.30. The zero-order chi connectivity index (χ0) is 12.1. The Kier molecular flexibility index (Phi) is 3.59. The molecule has 2 aromatic rings. The quantitative estimate of drug-likeness (QED) is 0.779. The summed E-state index contributed by atoms with van der Waals surface area (Å²) < 4.78 is 5.52. The normalized spacial score (nSPS) is 9.65. The van der Waals surface area contributed by atoms with Crippen LogP contribution in [-0.2, 0) is 6.61 Å². The van der Waals surface area contributed by atoms with Crippen molar-refractivity contribution in [3.8, 4) is 11.8 Å². The first kappa shape index (κ1) is 11.4. The maximum Gasteiger partial charge on any atom is 0.171 e. The molecule has 0 amide bonds. The number of hydrogen-bond acceptors (Lipinski definition) is 3. The molecule has 0 spiro atoms. The lowest BCUT2D eigenvalue weighted by Crippen LogP contribution is -1.98. The Labute approximate surface area is 104 Å². The van der Waals surface area contributed by atoms with E-state index in [0.29, 0.717) is 23.1 Å². The van der Waals surface area contributed by atoms with E-state index in [1.54, 1.807) is 24.4 Å². The molecular formula is C13H9ClN2O. The molecule has 84 valence electrons. The number of nitrogens with zero attached hydrogens (tertiary/aromatic N) is 2. The third kappa shape index (κ3) is 2.74. The highest BCUT2D eigenvalue weighted by atomic mass is 35.5. The van der Waals surface area contributed by atoms with Crippen LogP contribution in [0.2, 0.25) is 5.15 Å². The molecule has 0 atom stereocenters. The average molecular weight is 245 g/mol. The van der Waals surface area contributed by atoms with Gasteiger partial charge in [0.1, 0.15) is 6.61 Å². The summed E-state index contributed by atoms with van der Waals surface area (Å²) in [5, 5.41) is 9.25. The second kappa shape index (κ2) is 5.33. The number of halogens is 1. The van der Waals surface area contributed by atoms with Crippen molar-refractivity contribution in [2.45, 2.75) is 6.61 Å². The van der Waals surface area contributed by atoms with Crippen molar-refractivity contribution < 1.29 is 4.74 Å². The number of pyridine rings is 1. The first-order valence-corrected chi connectivity index (χ1v) is 5.40. The summed E-state index contributed by atoms with van der Waals surface area (Å²) >= 11 is 5.86. The molecule has 0 radical (unpaired) electrons. The second-order valence-electron chi connectivity index (χ2n) is 3.35. The van der Waals surface area contributed by atoms with Crippen molar-refractivity contribution in [2.24, 2.45) is 0 Å². The van der Waals surface area contributed by atoms with E-state index in [0.717, 1.165) is 5.56 Å². The Morgan fingerprint density at radius 1 is 1.24 bits per heavy atom. The molecule has 0 N–H and O–H groups in total. The minimum Gasteiger partial charge on any atom is -0.486 e. The van der Waals surface area contributed by atoms with Gasteiger partial charge in [-0.2, -0.15) is 5.26 Å². The molecule has 4 heteroatoms. The third-order valence-electron chi connectivity index (χ3n) is 2.25. The van der Waals surface area contributed by atoms with Gasteiger partial charge in [0.05, 0.1) is 11.6 Å². The van der Waals surface area contributed by atoms with Gasteiger partial charge in [-0.3, -0.25) is 0 Å². The number of ether oxygens (including phenoxy) is 1. The highest BCUT2D eigenvalue weighted by Gasteiger charge is 2.04. The van der Waals surface area contributed by atoms with Gasteiger partial charge >= 0.3 is 0 Å². The molecule has 0 aliphatic carbocycles. The first-order chi connectivity index (χ1) is 8.31. The fourth-order valence-corrected chi connectivity index (χ4v) is 1.56. The lowest BCUT2D eigenvalue weighted by atomic mass is 10.1. The summed E-state index contributed by atoms with van der Waals surface area (Å²) in [6, 6.07) is 12.9. The summed E-state index contributed by atoms with van der Waals surface area (Å²) in [5.74, 6) is 0.516.